The van der Waals surface area contributed by atoms with E-state index >= 15 is 0 Å². The van der Waals surface area contributed by atoms with Crippen LogP contribution in [0.25, 0.3) is 0 Å². The van der Waals surface area contributed by atoms with Crippen molar-refractivity contribution < 1.29 is 9.59 Å². The fraction of sp³-hybridized carbons (Fsp3) is 0.625. The molecule has 0 saturated carbocycles. The van der Waals surface area contributed by atoms with Gasteiger partial charge in [-0.3, -0.25) is 4.79 Å². The lowest BCUT2D eigenvalue weighted by Crippen LogP contribution is -2.54. The molecule has 0 unspecified atom stereocenters. The quantitative estimate of drug-likeness (QED) is 0.887. The van der Waals surface area contributed by atoms with Crippen LogP contribution in [0.4, 0.5) is 4.79 Å². The molecular formula is C16H26N4O2. The summed E-state index contributed by atoms with van der Waals surface area (Å²) in [6.45, 7) is 10.3. The van der Waals surface area contributed by atoms with Crippen LogP contribution in [-0.2, 0) is 11.2 Å². The molecule has 0 radical (unpaired) electrons. The molecule has 1 saturated heterocycles. The molecule has 6 heteroatoms. The average molecular weight is 306 g/mol. The van der Waals surface area contributed by atoms with Crippen molar-refractivity contribution in [1.82, 2.24) is 20.1 Å². The van der Waals surface area contributed by atoms with Crippen LogP contribution in [0.3, 0.4) is 0 Å². The molecule has 1 aliphatic rings. The Morgan fingerprint density at radius 2 is 1.77 bits per heavy atom. The summed E-state index contributed by atoms with van der Waals surface area (Å²) in [6.07, 6.45) is 0.425. The third kappa shape index (κ3) is 4.02. The van der Waals surface area contributed by atoms with Crippen LogP contribution in [0.5, 0.6) is 0 Å². The normalized spacial score (nSPS) is 15.3. The van der Waals surface area contributed by atoms with Crippen LogP contribution in [-0.4, -0.2) is 58.9 Å². The van der Waals surface area contributed by atoms with E-state index in [2.05, 4.69) is 10.3 Å². The van der Waals surface area contributed by atoms with Gasteiger partial charge in [-0.05, 0) is 39.3 Å². The Labute approximate surface area is 131 Å². The van der Waals surface area contributed by atoms with Gasteiger partial charge in [0.1, 0.15) is 0 Å². The first-order chi connectivity index (χ1) is 10.4. The summed E-state index contributed by atoms with van der Waals surface area (Å²) in [5.74, 6) is 0.131. The van der Waals surface area contributed by atoms with Crippen molar-refractivity contribution in [2.75, 3.05) is 26.2 Å². The lowest BCUT2D eigenvalue weighted by molar-refractivity contribution is -0.131. The van der Waals surface area contributed by atoms with E-state index in [1.807, 2.05) is 38.7 Å². The number of H-pyrrole nitrogens is 1. The van der Waals surface area contributed by atoms with Gasteiger partial charge < -0.3 is 20.1 Å². The third-order valence-corrected chi connectivity index (χ3v) is 3.93. The van der Waals surface area contributed by atoms with Crippen molar-refractivity contribution in [2.24, 2.45) is 0 Å². The van der Waals surface area contributed by atoms with E-state index in [0.717, 1.165) is 17.0 Å². The van der Waals surface area contributed by atoms with Crippen molar-refractivity contribution in [3.63, 3.8) is 0 Å². The Balaban J connectivity index is 1.85. The summed E-state index contributed by atoms with van der Waals surface area (Å²) in [5.41, 5.74) is 3.19. The molecule has 1 aromatic heterocycles. The van der Waals surface area contributed by atoms with Crippen molar-refractivity contribution in [2.45, 2.75) is 40.2 Å². The SMILES string of the molecule is Cc1cc(CC(=O)N2CCN(C(=O)NC(C)C)CC2)c(C)[nH]1. The number of aromatic nitrogens is 1. The molecule has 3 amide bonds. The van der Waals surface area contributed by atoms with Crippen LogP contribution in [0.2, 0.25) is 0 Å². The zero-order valence-electron chi connectivity index (χ0n) is 13.9. The number of piperazine rings is 1. The van der Waals surface area contributed by atoms with Gasteiger partial charge in [-0.25, -0.2) is 4.79 Å². The molecule has 0 aromatic carbocycles. The molecule has 2 heterocycles. The van der Waals surface area contributed by atoms with Gasteiger partial charge in [-0.15, -0.1) is 0 Å². The van der Waals surface area contributed by atoms with E-state index in [1.165, 1.54) is 0 Å². The van der Waals surface area contributed by atoms with Crippen LogP contribution in [0.1, 0.15) is 30.8 Å². The third-order valence-electron chi connectivity index (χ3n) is 3.93. The Hall–Kier alpha value is -1.98. The summed E-state index contributed by atoms with van der Waals surface area (Å²) in [4.78, 5) is 31.2. The van der Waals surface area contributed by atoms with Crippen molar-refractivity contribution >= 4 is 11.9 Å². The fourth-order valence-electron chi connectivity index (χ4n) is 2.74. The molecule has 1 aromatic rings. The van der Waals surface area contributed by atoms with Gasteiger partial charge in [0.15, 0.2) is 0 Å². The largest absolute Gasteiger partial charge is 0.362 e. The minimum Gasteiger partial charge on any atom is -0.362 e. The van der Waals surface area contributed by atoms with Gasteiger partial charge in [-0.2, -0.15) is 0 Å². The number of carbonyl (C=O) groups is 2. The first-order valence-electron chi connectivity index (χ1n) is 7.85. The number of amides is 3. The van der Waals surface area contributed by atoms with Gasteiger partial charge in [0.05, 0.1) is 6.42 Å². The molecule has 0 aliphatic carbocycles. The van der Waals surface area contributed by atoms with E-state index in [4.69, 9.17) is 0 Å². The number of nitrogens with one attached hydrogen (secondary N) is 2. The minimum atomic E-state index is -0.0424. The molecule has 0 bridgehead atoms. The molecule has 1 fully saturated rings. The smallest absolute Gasteiger partial charge is 0.317 e. The van der Waals surface area contributed by atoms with Crippen molar-refractivity contribution in [3.8, 4) is 0 Å². The molecule has 0 spiro atoms. The number of aryl methyl sites for hydroxylation is 2. The second-order valence-corrected chi connectivity index (χ2v) is 6.25. The van der Waals surface area contributed by atoms with Crippen LogP contribution >= 0.6 is 0 Å². The van der Waals surface area contributed by atoms with Gasteiger partial charge in [-0.1, -0.05) is 0 Å². The number of hydrogen-bond donors (Lipinski definition) is 2. The number of rotatable bonds is 3. The molecular weight excluding hydrogens is 280 g/mol. The van der Waals surface area contributed by atoms with Gasteiger partial charge in [0.2, 0.25) is 5.91 Å². The monoisotopic (exact) mass is 306 g/mol. The first-order valence-corrected chi connectivity index (χ1v) is 7.85. The molecule has 2 N–H and O–H groups in total. The highest BCUT2D eigenvalue weighted by Crippen LogP contribution is 2.12. The zero-order valence-corrected chi connectivity index (χ0v) is 13.9. The topological polar surface area (TPSA) is 68.4 Å². The molecule has 0 atom stereocenters. The highest BCUT2D eigenvalue weighted by molar-refractivity contribution is 5.80. The highest BCUT2D eigenvalue weighted by Gasteiger charge is 2.24. The summed E-state index contributed by atoms with van der Waals surface area (Å²) in [7, 11) is 0. The summed E-state index contributed by atoms with van der Waals surface area (Å²) in [6, 6.07) is 2.12. The molecule has 2 rings (SSSR count). The van der Waals surface area contributed by atoms with E-state index in [0.29, 0.717) is 32.6 Å². The standard InChI is InChI=1S/C16H26N4O2/c1-11(2)17-16(22)20-7-5-19(6-8-20)15(21)10-14-9-12(3)18-13(14)4/h9,11,18H,5-8,10H2,1-4H3,(H,17,22). The average Bonchev–Trinajstić information content (AvgIpc) is 2.76. The summed E-state index contributed by atoms with van der Waals surface area (Å²) >= 11 is 0. The fourth-order valence-corrected chi connectivity index (χ4v) is 2.74. The second kappa shape index (κ2) is 6.85. The van der Waals surface area contributed by atoms with E-state index in [1.54, 1.807) is 4.90 Å². The molecule has 22 heavy (non-hydrogen) atoms. The number of aromatic amines is 1. The molecule has 1 aliphatic heterocycles. The Bertz CT molecular complexity index is 542. The minimum absolute atomic E-state index is 0.0424. The predicted octanol–water partition coefficient (Wildman–Crippen LogP) is 1.44. The van der Waals surface area contributed by atoms with E-state index < -0.39 is 0 Å². The van der Waals surface area contributed by atoms with Gasteiger partial charge >= 0.3 is 6.03 Å². The summed E-state index contributed by atoms with van der Waals surface area (Å²) in [5, 5.41) is 2.89. The second-order valence-electron chi connectivity index (χ2n) is 6.25. The van der Waals surface area contributed by atoms with E-state index in [-0.39, 0.29) is 18.0 Å². The lowest BCUT2D eigenvalue weighted by Gasteiger charge is -2.35. The Morgan fingerprint density at radius 1 is 1.18 bits per heavy atom. The zero-order chi connectivity index (χ0) is 16.3. The number of hydrogen-bond acceptors (Lipinski definition) is 2. The molecule has 6 nitrogen and oxygen atoms in total. The maximum absolute atomic E-state index is 12.4. The molecule has 122 valence electrons. The number of urea groups is 1. The Morgan fingerprint density at radius 3 is 2.27 bits per heavy atom. The highest BCUT2D eigenvalue weighted by atomic mass is 16.2. The predicted molar refractivity (Wildman–Crippen MR) is 85.8 cm³/mol. The van der Waals surface area contributed by atoms with Crippen LogP contribution < -0.4 is 5.32 Å². The van der Waals surface area contributed by atoms with Gasteiger partial charge in [0, 0.05) is 43.6 Å². The number of nitrogens with zero attached hydrogens (tertiary/aromatic N) is 2. The Kier molecular flexibility index (Phi) is 5.11. The first kappa shape index (κ1) is 16.4. The number of carbonyl (C=O) groups excluding carboxylic acids is 2. The van der Waals surface area contributed by atoms with Crippen LogP contribution in [0.15, 0.2) is 6.07 Å². The van der Waals surface area contributed by atoms with Crippen molar-refractivity contribution in [1.29, 1.82) is 0 Å². The maximum atomic E-state index is 12.4. The lowest BCUT2D eigenvalue weighted by atomic mass is 10.1. The maximum Gasteiger partial charge on any atom is 0.317 e. The van der Waals surface area contributed by atoms with Crippen molar-refractivity contribution in [3.05, 3.63) is 23.0 Å². The van der Waals surface area contributed by atoms with E-state index in [9.17, 15) is 9.59 Å². The summed E-state index contributed by atoms with van der Waals surface area (Å²) < 4.78 is 0. The van der Waals surface area contributed by atoms with Crippen LogP contribution in [0, 0.1) is 13.8 Å². The van der Waals surface area contributed by atoms with Gasteiger partial charge in [0.25, 0.3) is 0 Å².